The molecule has 0 aliphatic carbocycles. The second kappa shape index (κ2) is 3.79. The fraction of sp³-hybridized carbons (Fsp3) is 0.125. The molecule has 0 aromatic carbocycles. The topological polar surface area (TPSA) is 36.9 Å². The van der Waals surface area contributed by atoms with Crippen molar-refractivity contribution in [3.8, 4) is 6.07 Å². The fourth-order valence-corrected chi connectivity index (χ4v) is 1.12. The summed E-state index contributed by atoms with van der Waals surface area (Å²) in [6.45, 7) is 1.64. The van der Waals surface area contributed by atoms with Crippen LogP contribution in [0.3, 0.4) is 0 Å². The molecule has 0 aliphatic heterocycles. The van der Waals surface area contributed by atoms with Gasteiger partial charge in [0.2, 0.25) is 0 Å². The first-order valence-corrected chi connectivity index (χ1v) is 4.34. The molecule has 2 nitrogen and oxygen atoms in total. The number of nitrogens with zero attached hydrogens (tertiary/aromatic N) is 1. The molecule has 0 bridgehead atoms. The Hall–Kier alpha value is -0.720. The van der Waals surface area contributed by atoms with Crippen LogP contribution in [0.15, 0.2) is 26.8 Å². The lowest BCUT2D eigenvalue weighted by molar-refractivity contribution is 0.530. The molecule has 0 N–H and O–H groups in total. The third-order valence-electron chi connectivity index (χ3n) is 1.29. The minimum atomic E-state index is 0.350. The van der Waals surface area contributed by atoms with E-state index in [1.165, 1.54) is 0 Å². The molecule has 0 spiro atoms. The second-order valence-electron chi connectivity index (χ2n) is 2.15. The molecule has 4 heteroatoms. The number of furan rings is 1. The number of nitriles is 1. The largest absolute Gasteiger partial charge is 0.448 e. The Balaban J connectivity index is 3.09. The van der Waals surface area contributed by atoms with Gasteiger partial charge < -0.3 is 4.42 Å². The standard InChI is InChI=1S/C8H5BrClNO/c1-5(4-11)8(10)6-2-3-7(9)12-6/h2-3H,1H3/b8-5-. The van der Waals surface area contributed by atoms with Crippen LogP contribution in [-0.2, 0) is 0 Å². The lowest BCUT2D eigenvalue weighted by atomic mass is 10.3. The first-order valence-electron chi connectivity index (χ1n) is 3.17. The van der Waals surface area contributed by atoms with Crippen molar-refractivity contribution in [3.05, 3.63) is 28.1 Å². The predicted octanol–water partition coefficient (Wildman–Crippen LogP) is 3.54. The summed E-state index contributed by atoms with van der Waals surface area (Å²) in [4.78, 5) is 0. The molecule has 0 saturated heterocycles. The van der Waals surface area contributed by atoms with Crippen molar-refractivity contribution in [3.63, 3.8) is 0 Å². The highest BCUT2D eigenvalue weighted by atomic mass is 79.9. The SMILES string of the molecule is C/C(C#N)=C(/Cl)c1ccc(Br)o1. The normalized spacial score (nSPS) is 12.2. The van der Waals surface area contributed by atoms with Crippen LogP contribution in [0.2, 0.25) is 0 Å². The molecule has 0 radical (unpaired) electrons. The van der Waals surface area contributed by atoms with Crippen LogP contribution < -0.4 is 0 Å². The molecule has 0 amide bonds. The Morgan fingerprint density at radius 1 is 1.67 bits per heavy atom. The highest BCUT2D eigenvalue weighted by Crippen LogP contribution is 2.26. The van der Waals surface area contributed by atoms with Gasteiger partial charge in [0.15, 0.2) is 4.67 Å². The van der Waals surface area contributed by atoms with Crippen molar-refractivity contribution in [2.45, 2.75) is 6.92 Å². The van der Waals surface area contributed by atoms with E-state index in [0.717, 1.165) is 0 Å². The van der Waals surface area contributed by atoms with E-state index in [0.29, 0.717) is 21.0 Å². The van der Waals surface area contributed by atoms with E-state index >= 15 is 0 Å². The van der Waals surface area contributed by atoms with Gasteiger partial charge in [-0.15, -0.1) is 0 Å². The highest BCUT2D eigenvalue weighted by Gasteiger charge is 2.06. The molecule has 62 valence electrons. The van der Waals surface area contributed by atoms with Crippen LogP contribution in [0, 0.1) is 11.3 Å². The van der Waals surface area contributed by atoms with Crippen molar-refractivity contribution in [1.29, 1.82) is 5.26 Å². The Morgan fingerprint density at radius 2 is 2.33 bits per heavy atom. The number of rotatable bonds is 1. The van der Waals surface area contributed by atoms with Crippen molar-refractivity contribution in [2.24, 2.45) is 0 Å². The van der Waals surface area contributed by atoms with E-state index < -0.39 is 0 Å². The van der Waals surface area contributed by atoms with E-state index in [4.69, 9.17) is 21.3 Å². The van der Waals surface area contributed by atoms with Gasteiger partial charge in [-0.25, -0.2) is 0 Å². The quantitative estimate of drug-likeness (QED) is 0.711. The van der Waals surface area contributed by atoms with E-state index in [-0.39, 0.29) is 0 Å². The average Bonchev–Trinajstić information content (AvgIpc) is 2.49. The molecular weight excluding hydrogens is 241 g/mol. The maximum Gasteiger partial charge on any atom is 0.169 e. The molecular formula is C8H5BrClNO. The molecule has 1 aromatic heterocycles. The summed E-state index contributed by atoms with van der Waals surface area (Å²) < 4.78 is 5.74. The first kappa shape index (κ1) is 9.37. The zero-order valence-corrected chi connectivity index (χ0v) is 8.61. The Bertz CT molecular complexity index is 361. The minimum Gasteiger partial charge on any atom is -0.448 e. The summed E-state index contributed by atoms with van der Waals surface area (Å²) in [5.74, 6) is 0.502. The maximum atomic E-state index is 8.53. The number of halogens is 2. The van der Waals surface area contributed by atoms with Crippen molar-refractivity contribution in [2.75, 3.05) is 0 Å². The van der Waals surface area contributed by atoms with E-state index in [2.05, 4.69) is 15.9 Å². The van der Waals surface area contributed by atoms with Crippen LogP contribution in [0.1, 0.15) is 12.7 Å². The van der Waals surface area contributed by atoms with Gasteiger partial charge in [0.05, 0.1) is 11.1 Å². The first-order chi connectivity index (χ1) is 5.65. The average molecular weight is 246 g/mol. The third-order valence-corrected chi connectivity index (χ3v) is 2.18. The second-order valence-corrected chi connectivity index (χ2v) is 3.31. The van der Waals surface area contributed by atoms with Gasteiger partial charge in [-0.05, 0) is 35.0 Å². The molecule has 12 heavy (non-hydrogen) atoms. The van der Waals surface area contributed by atoms with Gasteiger partial charge >= 0.3 is 0 Å². The summed E-state index contributed by atoms with van der Waals surface area (Å²) in [7, 11) is 0. The molecule has 0 fully saturated rings. The van der Waals surface area contributed by atoms with Gasteiger partial charge in [0, 0.05) is 5.57 Å². The predicted molar refractivity (Wildman–Crippen MR) is 50.5 cm³/mol. The Kier molecular flexibility index (Phi) is 2.96. The van der Waals surface area contributed by atoms with Crippen LogP contribution in [0.25, 0.3) is 5.03 Å². The van der Waals surface area contributed by atoms with Crippen LogP contribution in [0.4, 0.5) is 0 Å². The molecule has 0 aliphatic rings. The summed E-state index contributed by atoms with van der Waals surface area (Å²) in [6, 6.07) is 5.37. The van der Waals surface area contributed by atoms with E-state index in [1.54, 1.807) is 19.1 Å². The molecule has 1 aromatic rings. The maximum absolute atomic E-state index is 8.53. The lowest BCUT2D eigenvalue weighted by Crippen LogP contribution is -1.75. The van der Waals surface area contributed by atoms with Crippen molar-refractivity contribution >= 4 is 32.6 Å². The summed E-state index contributed by atoms with van der Waals surface area (Å²) in [5, 5.41) is 8.88. The molecule has 0 saturated carbocycles. The summed E-state index contributed by atoms with van der Waals surface area (Å²) >= 11 is 8.95. The fourth-order valence-electron chi connectivity index (χ4n) is 0.666. The molecule has 1 rings (SSSR count). The van der Waals surface area contributed by atoms with Crippen LogP contribution >= 0.6 is 27.5 Å². The molecule has 0 unspecified atom stereocenters. The van der Waals surface area contributed by atoms with Gasteiger partial charge in [-0.1, -0.05) is 11.6 Å². The van der Waals surface area contributed by atoms with Crippen molar-refractivity contribution < 1.29 is 4.42 Å². The van der Waals surface area contributed by atoms with E-state index in [9.17, 15) is 0 Å². The number of hydrogen-bond donors (Lipinski definition) is 0. The zero-order valence-electron chi connectivity index (χ0n) is 6.27. The molecule has 0 atom stereocenters. The summed E-state index contributed by atoms with van der Waals surface area (Å²) in [5.41, 5.74) is 0.443. The number of allylic oxidation sites excluding steroid dienone is 1. The molecule has 1 heterocycles. The highest BCUT2D eigenvalue weighted by molar-refractivity contribution is 9.10. The van der Waals surface area contributed by atoms with Gasteiger partial charge in [0.1, 0.15) is 5.76 Å². The summed E-state index contributed by atoms with van der Waals surface area (Å²) in [6.07, 6.45) is 0. The van der Waals surface area contributed by atoms with Gasteiger partial charge in [0.25, 0.3) is 0 Å². The monoisotopic (exact) mass is 245 g/mol. The van der Waals surface area contributed by atoms with Gasteiger partial charge in [-0.2, -0.15) is 5.26 Å². The van der Waals surface area contributed by atoms with Crippen LogP contribution in [0.5, 0.6) is 0 Å². The number of hydrogen-bond acceptors (Lipinski definition) is 2. The Labute approximate surface area is 83.6 Å². The van der Waals surface area contributed by atoms with Gasteiger partial charge in [-0.3, -0.25) is 0 Å². The Morgan fingerprint density at radius 3 is 2.75 bits per heavy atom. The minimum absolute atomic E-state index is 0.350. The zero-order chi connectivity index (χ0) is 9.14. The van der Waals surface area contributed by atoms with E-state index in [1.807, 2.05) is 6.07 Å². The lowest BCUT2D eigenvalue weighted by Gasteiger charge is -1.92. The van der Waals surface area contributed by atoms with Crippen LogP contribution in [-0.4, -0.2) is 0 Å². The smallest absolute Gasteiger partial charge is 0.169 e. The van der Waals surface area contributed by atoms with Crippen molar-refractivity contribution in [1.82, 2.24) is 0 Å². The third kappa shape index (κ3) is 1.90.